The van der Waals surface area contributed by atoms with E-state index in [-0.39, 0.29) is 22.4 Å². The third kappa shape index (κ3) is 7.62. The smallest absolute Gasteiger partial charge is 0.230 e. The summed E-state index contributed by atoms with van der Waals surface area (Å²) >= 11 is 1.29. The Balaban J connectivity index is 3.07. The van der Waals surface area contributed by atoms with Gasteiger partial charge in [-0.1, -0.05) is 77.6 Å². The fraction of sp³-hybridized carbons (Fsp3) is 0.760. The van der Waals surface area contributed by atoms with Crippen molar-refractivity contribution in [3.63, 3.8) is 0 Å². The molecule has 0 aliphatic heterocycles. The van der Waals surface area contributed by atoms with Gasteiger partial charge in [0.15, 0.2) is 5.12 Å². The lowest BCUT2D eigenvalue weighted by Crippen LogP contribution is -2.43. The van der Waals surface area contributed by atoms with Crippen molar-refractivity contribution < 1.29 is 9.59 Å². The molecule has 0 heterocycles. The number of nitrogens with one attached hydrogen (secondary N) is 1. The highest BCUT2D eigenvalue weighted by Gasteiger charge is 2.40. The van der Waals surface area contributed by atoms with Gasteiger partial charge in [0.05, 0.1) is 5.70 Å². The van der Waals surface area contributed by atoms with Crippen LogP contribution in [0.1, 0.15) is 106 Å². The number of hydrogen-bond acceptors (Lipinski definition) is 3. The van der Waals surface area contributed by atoms with Gasteiger partial charge in [-0.25, -0.2) is 0 Å². The van der Waals surface area contributed by atoms with Gasteiger partial charge in [0.25, 0.3) is 0 Å². The van der Waals surface area contributed by atoms with Crippen molar-refractivity contribution in [2.75, 3.05) is 0 Å². The van der Waals surface area contributed by atoms with Gasteiger partial charge in [-0.2, -0.15) is 0 Å². The Kier molecular flexibility index (Phi) is 11.9. The molecule has 0 bridgehead atoms. The lowest BCUT2D eigenvalue weighted by atomic mass is 9.67. The molecule has 1 aliphatic rings. The molecule has 0 radical (unpaired) electrons. The van der Waals surface area contributed by atoms with Crippen molar-refractivity contribution in [3.8, 4) is 0 Å². The van der Waals surface area contributed by atoms with E-state index >= 15 is 0 Å². The second-order valence-electron chi connectivity index (χ2n) is 8.59. The molecule has 0 atom stereocenters. The summed E-state index contributed by atoms with van der Waals surface area (Å²) in [6, 6.07) is 0. The predicted octanol–water partition coefficient (Wildman–Crippen LogP) is 7.38. The Bertz CT molecular complexity index is 580. The summed E-state index contributed by atoms with van der Waals surface area (Å²) in [6.07, 6.45) is 14.3. The summed E-state index contributed by atoms with van der Waals surface area (Å²) in [7, 11) is 0. The fourth-order valence-corrected chi connectivity index (χ4v) is 5.49. The normalized spacial score (nSPS) is 17.7. The summed E-state index contributed by atoms with van der Waals surface area (Å²) in [5, 5.41) is 3.44. The number of amides is 1. The maximum absolute atomic E-state index is 13.5. The Morgan fingerprint density at radius 3 is 2.07 bits per heavy atom. The van der Waals surface area contributed by atoms with Crippen LogP contribution < -0.4 is 5.32 Å². The molecule has 0 spiro atoms. The molecular weight excluding hydrogens is 378 g/mol. The quantitative estimate of drug-likeness (QED) is 0.354. The van der Waals surface area contributed by atoms with Crippen LogP contribution in [0.5, 0.6) is 0 Å². The molecule has 3 nitrogen and oxygen atoms in total. The molecule has 166 valence electrons. The van der Waals surface area contributed by atoms with Crippen molar-refractivity contribution in [1.82, 2.24) is 5.32 Å². The lowest BCUT2D eigenvalue weighted by molar-refractivity contribution is -0.133. The van der Waals surface area contributed by atoms with Gasteiger partial charge in [-0.3, -0.25) is 9.59 Å². The van der Waals surface area contributed by atoms with Crippen LogP contribution in [0.4, 0.5) is 0 Å². The third-order valence-corrected chi connectivity index (χ3v) is 7.72. The summed E-state index contributed by atoms with van der Waals surface area (Å²) < 4.78 is 0. The highest BCUT2D eigenvalue weighted by molar-refractivity contribution is 8.16. The van der Waals surface area contributed by atoms with E-state index in [9.17, 15) is 9.59 Å². The number of hydrogen-bond donors (Lipinski definition) is 1. The Hall–Kier alpha value is -1.03. The van der Waals surface area contributed by atoms with Crippen LogP contribution in [0.2, 0.25) is 0 Å². The summed E-state index contributed by atoms with van der Waals surface area (Å²) in [5.74, 6) is 0.837. The van der Waals surface area contributed by atoms with Crippen LogP contribution in [-0.4, -0.2) is 11.0 Å². The topological polar surface area (TPSA) is 46.2 Å². The highest BCUT2D eigenvalue weighted by Crippen LogP contribution is 2.43. The van der Waals surface area contributed by atoms with Crippen LogP contribution in [0.3, 0.4) is 0 Å². The Labute approximate surface area is 183 Å². The summed E-state index contributed by atoms with van der Waals surface area (Å²) in [4.78, 5) is 27.0. The van der Waals surface area contributed by atoms with Gasteiger partial charge in [0.1, 0.15) is 0 Å². The Morgan fingerprint density at radius 1 is 1.00 bits per heavy atom. The second-order valence-corrected chi connectivity index (χ2v) is 9.81. The molecule has 0 aromatic carbocycles. The van der Waals surface area contributed by atoms with E-state index in [1.807, 2.05) is 26.0 Å². The van der Waals surface area contributed by atoms with Crippen LogP contribution in [-0.2, 0) is 9.59 Å². The number of allylic oxidation sites excluding steroid dienone is 3. The van der Waals surface area contributed by atoms with Gasteiger partial charge in [-0.05, 0) is 57.9 Å². The highest BCUT2D eigenvalue weighted by atomic mass is 32.2. The van der Waals surface area contributed by atoms with Crippen molar-refractivity contribution in [2.45, 2.75) is 106 Å². The lowest BCUT2D eigenvalue weighted by Gasteiger charge is -2.38. The second kappa shape index (κ2) is 13.3. The zero-order valence-electron chi connectivity index (χ0n) is 19.6. The van der Waals surface area contributed by atoms with E-state index in [4.69, 9.17) is 0 Å². The average Bonchev–Trinajstić information content (AvgIpc) is 2.73. The van der Waals surface area contributed by atoms with Crippen molar-refractivity contribution in [3.05, 3.63) is 22.8 Å². The summed E-state index contributed by atoms with van der Waals surface area (Å²) in [6.45, 7) is 12.5. The first-order chi connectivity index (χ1) is 13.9. The molecule has 0 saturated heterocycles. The van der Waals surface area contributed by atoms with Crippen LogP contribution in [0, 0.1) is 17.3 Å². The minimum Gasteiger partial charge on any atom is -0.325 e. The van der Waals surface area contributed by atoms with E-state index in [2.05, 4.69) is 33.0 Å². The molecule has 1 N–H and O–H groups in total. The molecule has 29 heavy (non-hydrogen) atoms. The standard InChI is InChI=1S/C25H43NO2S/c1-7-15-22(19(6)29-23(27)21(10-4)11-5)26-24(28)25(16-13-12-14-17-25)18-20(8-2)9-3/h7,15,20-21H,8-14,16-18H2,1-6H3,(H,26,28)/b15-7-,22-19-. The molecule has 1 saturated carbocycles. The van der Waals surface area contributed by atoms with E-state index in [1.165, 1.54) is 18.2 Å². The predicted molar refractivity (Wildman–Crippen MR) is 127 cm³/mol. The monoisotopic (exact) mass is 421 g/mol. The first kappa shape index (κ1) is 26.0. The van der Waals surface area contributed by atoms with Crippen LogP contribution in [0.25, 0.3) is 0 Å². The average molecular weight is 422 g/mol. The zero-order chi connectivity index (χ0) is 21.9. The van der Waals surface area contributed by atoms with Gasteiger partial charge >= 0.3 is 0 Å². The molecule has 4 heteroatoms. The molecule has 1 fully saturated rings. The fourth-order valence-electron chi connectivity index (χ4n) is 4.46. The zero-order valence-corrected chi connectivity index (χ0v) is 20.4. The van der Waals surface area contributed by atoms with Crippen molar-refractivity contribution in [2.24, 2.45) is 17.3 Å². The number of carbonyl (C=O) groups is 2. The maximum atomic E-state index is 13.5. The molecule has 1 amide bonds. The van der Waals surface area contributed by atoms with Crippen LogP contribution >= 0.6 is 11.8 Å². The maximum Gasteiger partial charge on any atom is 0.230 e. The molecule has 0 aromatic heterocycles. The minimum atomic E-state index is -0.258. The van der Waals surface area contributed by atoms with E-state index in [1.54, 1.807) is 0 Å². The molecule has 0 unspecified atom stereocenters. The number of rotatable bonds is 11. The van der Waals surface area contributed by atoms with E-state index in [0.29, 0.717) is 5.92 Å². The third-order valence-electron chi connectivity index (χ3n) is 6.66. The Morgan fingerprint density at radius 2 is 1.59 bits per heavy atom. The first-order valence-electron chi connectivity index (χ1n) is 11.7. The van der Waals surface area contributed by atoms with E-state index < -0.39 is 0 Å². The summed E-state index contributed by atoms with van der Waals surface area (Å²) in [5.41, 5.74) is 0.530. The van der Waals surface area contributed by atoms with E-state index in [0.717, 1.165) is 68.4 Å². The van der Waals surface area contributed by atoms with Gasteiger partial charge in [-0.15, -0.1) is 0 Å². The molecule has 0 aromatic rings. The number of thioether (sulfide) groups is 1. The van der Waals surface area contributed by atoms with Crippen LogP contribution in [0.15, 0.2) is 22.8 Å². The number of carbonyl (C=O) groups excluding carboxylic acids is 2. The van der Waals surface area contributed by atoms with Gasteiger partial charge in [0, 0.05) is 16.2 Å². The molecule has 1 aliphatic carbocycles. The molecule has 1 rings (SSSR count). The van der Waals surface area contributed by atoms with Gasteiger partial charge in [0.2, 0.25) is 5.91 Å². The SMILES string of the molecule is C/C=C\C(NC(=O)C1(CC(CC)CC)CCCCC1)=C(/C)SC(=O)C(CC)CC. The van der Waals surface area contributed by atoms with Crippen molar-refractivity contribution in [1.29, 1.82) is 0 Å². The van der Waals surface area contributed by atoms with Crippen molar-refractivity contribution >= 4 is 22.8 Å². The molecular formula is C25H43NO2S. The minimum absolute atomic E-state index is 0.0806. The van der Waals surface area contributed by atoms with Gasteiger partial charge < -0.3 is 5.32 Å². The first-order valence-corrected chi connectivity index (χ1v) is 12.6. The largest absolute Gasteiger partial charge is 0.325 e.